The summed E-state index contributed by atoms with van der Waals surface area (Å²) in [6.45, 7) is 2.73. The fourth-order valence-electron chi connectivity index (χ4n) is 3.88. The smallest absolute Gasteiger partial charge is 0.243 e. The highest BCUT2D eigenvalue weighted by Crippen LogP contribution is 2.31. The van der Waals surface area contributed by atoms with Crippen LogP contribution >= 0.6 is 11.6 Å². The Bertz CT molecular complexity index is 1280. The molecule has 1 fully saturated rings. The van der Waals surface area contributed by atoms with Crippen molar-refractivity contribution in [2.75, 3.05) is 43.9 Å². The number of carbonyl (C=O) groups excluding carboxylic acids is 1. The molecule has 198 valence electrons. The van der Waals surface area contributed by atoms with Crippen LogP contribution in [0.15, 0.2) is 47.4 Å². The molecule has 0 spiro atoms. The molecule has 0 radical (unpaired) electrons. The second-order valence-corrected chi connectivity index (χ2v) is 12.5. The van der Waals surface area contributed by atoms with Crippen molar-refractivity contribution in [3.05, 3.63) is 47.5 Å². The van der Waals surface area contributed by atoms with Gasteiger partial charge in [0.2, 0.25) is 26.0 Å². The Morgan fingerprint density at radius 2 is 1.75 bits per heavy atom. The molecule has 1 amide bonds. The average Bonchev–Trinajstić information content (AvgIpc) is 3.37. The molecule has 1 N–H and O–H groups in total. The SMILES string of the molecule is COc1ccc(N(C(C)C(=O)NCCOc2ccc(S(=O)(=O)N3CCCC3)cc2)S(C)(=O)=O)cc1Cl. The molecular weight excluding hydrogens is 530 g/mol. The molecule has 2 aromatic rings. The third kappa shape index (κ3) is 6.61. The molecule has 1 atom stereocenters. The lowest BCUT2D eigenvalue weighted by molar-refractivity contribution is -0.121. The summed E-state index contributed by atoms with van der Waals surface area (Å²) < 4.78 is 63.2. The van der Waals surface area contributed by atoms with Gasteiger partial charge in [0.15, 0.2) is 0 Å². The molecule has 2 aromatic carbocycles. The number of ether oxygens (including phenoxy) is 2. The summed E-state index contributed by atoms with van der Waals surface area (Å²) in [6.07, 6.45) is 2.73. The summed E-state index contributed by atoms with van der Waals surface area (Å²) in [5.74, 6) is 0.302. The molecule has 10 nitrogen and oxygen atoms in total. The van der Waals surface area contributed by atoms with Crippen molar-refractivity contribution in [2.45, 2.75) is 30.7 Å². The van der Waals surface area contributed by atoms with E-state index in [0.717, 1.165) is 23.4 Å². The summed E-state index contributed by atoms with van der Waals surface area (Å²) in [5.41, 5.74) is 0.228. The van der Waals surface area contributed by atoms with E-state index in [9.17, 15) is 21.6 Å². The van der Waals surface area contributed by atoms with Gasteiger partial charge in [0.1, 0.15) is 24.1 Å². The number of nitrogens with zero attached hydrogens (tertiary/aromatic N) is 2. The normalized spacial score (nSPS) is 15.3. The third-order valence-corrected chi connectivity index (χ3v) is 9.12. The third-order valence-electron chi connectivity index (χ3n) is 5.67. The van der Waals surface area contributed by atoms with Gasteiger partial charge in [-0.05, 0) is 62.2 Å². The van der Waals surface area contributed by atoms with Crippen LogP contribution in [-0.2, 0) is 24.8 Å². The van der Waals surface area contributed by atoms with Gasteiger partial charge in [-0.25, -0.2) is 16.8 Å². The lowest BCUT2D eigenvalue weighted by Gasteiger charge is -2.28. The number of hydrogen-bond acceptors (Lipinski definition) is 7. The Morgan fingerprint density at radius 3 is 2.31 bits per heavy atom. The van der Waals surface area contributed by atoms with E-state index >= 15 is 0 Å². The van der Waals surface area contributed by atoms with Gasteiger partial charge in [-0.1, -0.05) is 11.6 Å². The molecule has 1 unspecified atom stereocenters. The highest BCUT2D eigenvalue weighted by molar-refractivity contribution is 7.92. The Kier molecular flexibility index (Phi) is 9.09. The van der Waals surface area contributed by atoms with Crippen LogP contribution in [0.5, 0.6) is 11.5 Å². The van der Waals surface area contributed by atoms with E-state index in [1.54, 1.807) is 12.1 Å². The minimum Gasteiger partial charge on any atom is -0.495 e. The van der Waals surface area contributed by atoms with Crippen LogP contribution in [0.25, 0.3) is 0 Å². The largest absolute Gasteiger partial charge is 0.495 e. The van der Waals surface area contributed by atoms with Crippen LogP contribution in [0, 0.1) is 0 Å². The first-order valence-electron chi connectivity index (χ1n) is 11.3. The van der Waals surface area contributed by atoms with E-state index < -0.39 is 32.0 Å². The maximum atomic E-state index is 12.7. The zero-order valence-electron chi connectivity index (χ0n) is 20.3. The monoisotopic (exact) mass is 559 g/mol. The number of benzene rings is 2. The summed E-state index contributed by atoms with van der Waals surface area (Å²) in [5, 5.41) is 2.87. The first-order valence-corrected chi connectivity index (χ1v) is 15.0. The highest BCUT2D eigenvalue weighted by atomic mass is 35.5. The van der Waals surface area contributed by atoms with E-state index in [1.165, 1.54) is 48.7 Å². The summed E-state index contributed by atoms with van der Waals surface area (Å²) >= 11 is 6.14. The number of methoxy groups -OCH3 is 1. The van der Waals surface area contributed by atoms with Crippen LogP contribution in [0.3, 0.4) is 0 Å². The quantitative estimate of drug-likeness (QED) is 0.420. The maximum Gasteiger partial charge on any atom is 0.243 e. The molecule has 0 aromatic heterocycles. The maximum absolute atomic E-state index is 12.7. The molecule has 0 aliphatic carbocycles. The van der Waals surface area contributed by atoms with Crippen LogP contribution in [-0.4, -0.2) is 72.7 Å². The van der Waals surface area contributed by atoms with Gasteiger partial charge in [0, 0.05) is 13.1 Å². The van der Waals surface area contributed by atoms with E-state index in [-0.39, 0.29) is 28.8 Å². The predicted molar refractivity (Wildman–Crippen MR) is 138 cm³/mol. The molecule has 1 aliphatic heterocycles. The number of anilines is 1. The molecule has 0 saturated carbocycles. The Balaban J connectivity index is 1.56. The number of halogens is 1. The summed E-state index contributed by atoms with van der Waals surface area (Å²) in [6, 6.07) is 9.50. The van der Waals surface area contributed by atoms with Crippen molar-refractivity contribution in [1.29, 1.82) is 0 Å². The van der Waals surface area contributed by atoms with Gasteiger partial charge in [-0.2, -0.15) is 4.31 Å². The number of rotatable bonds is 11. The van der Waals surface area contributed by atoms with Crippen molar-refractivity contribution >= 4 is 43.2 Å². The molecule has 0 bridgehead atoms. The van der Waals surface area contributed by atoms with Crippen LogP contribution in [0.4, 0.5) is 5.69 Å². The molecular formula is C23H30ClN3O7S2. The van der Waals surface area contributed by atoms with Crippen LogP contribution in [0.2, 0.25) is 5.02 Å². The van der Waals surface area contributed by atoms with Gasteiger partial charge < -0.3 is 14.8 Å². The lowest BCUT2D eigenvalue weighted by atomic mass is 10.2. The van der Waals surface area contributed by atoms with Crippen molar-refractivity contribution in [2.24, 2.45) is 0 Å². The van der Waals surface area contributed by atoms with Gasteiger partial charge in [-0.3, -0.25) is 9.10 Å². The number of hydrogen-bond donors (Lipinski definition) is 1. The minimum atomic E-state index is -3.81. The van der Waals surface area contributed by atoms with Crippen LogP contribution in [0.1, 0.15) is 19.8 Å². The first kappa shape index (κ1) is 28.0. The van der Waals surface area contributed by atoms with E-state index in [2.05, 4.69) is 5.32 Å². The first-order chi connectivity index (χ1) is 16.9. The van der Waals surface area contributed by atoms with Crippen molar-refractivity contribution < 1.29 is 31.1 Å². The Hall–Kier alpha value is -2.54. The number of amides is 1. The molecule has 3 rings (SSSR count). The molecule has 1 aliphatic rings. The minimum absolute atomic E-state index is 0.101. The Labute approximate surface area is 217 Å². The number of sulfonamides is 2. The van der Waals surface area contributed by atoms with Crippen molar-refractivity contribution in [1.82, 2.24) is 9.62 Å². The molecule has 1 heterocycles. The lowest BCUT2D eigenvalue weighted by Crippen LogP contribution is -2.48. The summed E-state index contributed by atoms with van der Waals surface area (Å²) in [4.78, 5) is 12.9. The Morgan fingerprint density at radius 1 is 1.11 bits per heavy atom. The standard InChI is InChI=1S/C23H30ClN3O7S2/c1-17(27(35(3,29)30)18-6-11-22(33-2)21(24)16-18)23(28)25-12-15-34-19-7-9-20(10-8-19)36(31,32)26-13-4-5-14-26/h6-11,16-17H,4-5,12-15H2,1-3H3,(H,25,28). The predicted octanol–water partition coefficient (Wildman–Crippen LogP) is 2.48. The number of carbonyl (C=O) groups is 1. The molecule has 36 heavy (non-hydrogen) atoms. The van der Waals surface area contributed by atoms with Gasteiger partial charge in [-0.15, -0.1) is 0 Å². The zero-order chi connectivity index (χ0) is 26.5. The van der Waals surface area contributed by atoms with Gasteiger partial charge in [0.25, 0.3) is 0 Å². The van der Waals surface area contributed by atoms with Gasteiger partial charge in [0.05, 0.1) is 35.5 Å². The van der Waals surface area contributed by atoms with E-state index in [0.29, 0.717) is 24.6 Å². The second kappa shape index (κ2) is 11.7. The van der Waals surface area contributed by atoms with Crippen molar-refractivity contribution in [3.8, 4) is 11.5 Å². The van der Waals surface area contributed by atoms with Crippen LogP contribution < -0.4 is 19.1 Å². The molecule has 13 heteroatoms. The summed E-state index contributed by atoms with van der Waals surface area (Å²) in [7, 11) is -5.86. The van der Waals surface area contributed by atoms with Gasteiger partial charge >= 0.3 is 0 Å². The van der Waals surface area contributed by atoms with E-state index in [4.69, 9.17) is 21.1 Å². The fraction of sp³-hybridized carbons (Fsp3) is 0.435. The highest BCUT2D eigenvalue weighted by Gasteiger charge is 2.30. The fourth-order valence-corrected chi connectivity index (χ4v) is 6.81. The molecule has 1 saturated heterocycles. The topological polar surface area (TPSA) is 122 Å². The van der Waals surface area contributed by atoms with E-state index in [1.807, 2.05) is 0 Å². The zero-order valence-corrected chi connectivity index (χ0v) is 22.7. The average molecular weight is 560 g/mol. The van der Waals surface area contributed by atoms with Crippen molar-refractivity contribution in [3.63, 3.8) is 0 Å². The number of nitrogens with one attached hydrogen (secondary N) is 1. The second-order valence-electron chi connectivity index (χ2n) is 8.28.